The van der Waals surface area contributed by atoms with Crippen LogP contribution in [0.15, 0.2) is 29.4 Å². The number of phenols is 1. The van der Waals surface area contributed by atoms with Crippen molar-refractivity contribution in [2.45, 2.75) is 210 Å². The lowest BCUT2D eigenvalue weighted by Crippen LogP contribution is -2.55. The number of benzene rings is 1. The summed E-state index contributed by atoms with van der Waals surface area (Å²) in [4.78, 5) is 38.5. The zero-order valence-electron chi connectivity index (χ0n) is 41.4. The molecule has 14 heteroatoms. The highest BCUT2D eigenvalue weighted by Gasteiger charge is 2.57. The number of aromatic hydroxyl groups is 1. The highest BCUT2D eigenvalue weighted by molar-refractivity contribution is 8.77. The molecule has 1 amide bonds. The van der Waals surface area contributed by atoms with E-state index in [1.165, 1.54) is 77.6 Å². The molecule has 5 saturated carbocycles. The third kappa shape index (κ3) is 10.3. The molecule has 378 valence electrons. The standard InChI is InChI=1S/C55H80N6O6S2/c1-37(62)67-54-24-14-39(44(63)32-54)10-7-19-51(17-2-3-18-51)36-68-69-55(23-8-22-53(55)20-4-5-21-53)60-50(57)59-28-26-52(31-38-16-27-58-46(56)29-38)33-47(64)61(35-52)34-42-30-41(15-25-54)43-13-12-40-9-6-11-45(40)66-49(43)48(42)65/h16,27,29-30,39-40,44-45,63,65H,2-15,17-26,28,31-36H2,1H3,(H2,56,58)(H3,57,59,60). The molecule has 6 fully saturated rings. The number of rotatable bonds is 3. The number of esters is 1. The number of aliphatic imine (C=N–C) groups is 1. The highest BCUT2D eigenvalue weighted by atomic mass is 33.1. The number of carbonyl (C=O) groups excluding carboxylic acids is 2. The lowest BCUT2D eigenvalue weighted by atomic mass is 9.71. The summed E-state index contributed by atoms with van der Waals surface area (Å²) >= 11 is 0. The van der Waals surface area contributed by atoms with Crippen LogP contribution in [0.4, 0.5) is 5.82 Å². The van der Waals surface area contributed by atoms with E-state index in [0.29, 0.717) is 86.0 Å². The van der Waals surface area contributed by atoms with Crippen molar-refractivity contribution in [1.82, 2.24) is 15.2 Å². The van der Waals surface area contributed by atoms with Gasteiger partial charge >= 0.3 is 5.97 Å². The Morgan fingerprint density at radius 3 is 2.48 bits per heavy atom. The average Bonchev–Trinajstić information content (AvgIpc) is 4.16. The number of anilines is 1. The molecule has 1 saturated heterocycles. The van der Waals surface area contributed by atoms with Crippen LogP contribution >= 0.6 is 21.6 Å². The summed E-state index contributed by atoms with van der Waals surface area (Å²) in [6.45, 7) is 2.71. The normalized spacial score (nSPS) is 34.0. The van der Waals surface area contributed by atoms with Crippen LogP contribution in [-0.2, 0) is 40.1 Å². The first-order valence-corrected chi connectivity index (χ1v) is 29.4. The quantitative estimate of drug-likeness (QED) is 0.145. The lowest BCUT2D eigenvalue weighted by molar-refractivity contribution is -0.168. The summed E-state index contributed by atoms with van der Waals surface area (Å²) in [5, 5.41) is 28.2. The number of fused-ring (bicyclic) bond motifs is 12. The first-order chi connectivity index (χ1) is 33.3. The Kier molecular flexibility index (Phi) is 14.5. The Morgan fingerprint density at radius 1 is 0.899 bits per heavy atom. The van der Waals surface area contributed by atoms with Gasteiger partial charge in [0.2, 0.25) is 5.91 Å². The minimum atomic E-state index is -0.784. The first-order valence-electron chi connectivity index (χ1n) is 27.1. The van der Waals surface area contributed by atoms with Crippen molar-refractivity contribution in [1.29, 1.82) is 0 Å². The van der Waals surface area contributed by atoms with E-state index in [9.17, 15) is 19.8 Å². The summed E-state index contributed by atoms with van der Waals surface area (Å²) in [5.41, 5.74) is 16.3. The Morgan fingerprint density at radius 2 is 1.68 bits per heavy atom. The lowest BCUT2D eigenvalue weighted by Gasteiger charge is -2.44. The van der Waals surface area contributed by atoms with Gasteiger partial charge in [0.15, 0.2) is 17.5 Å². The molecule has 0 radical (unpaired) electrons. The summed E-state index contributed by atoms with van der Waals surface area (Å²) in [5.74, 6) is 3.12. The van der Waals surface area contributed by atoms with Crippen LogP contribution in [0.1, 0.15) is 183 Å². The van der Waals surface area contributed by atoms with Gasteiger partial charge in [-0.3, -0.25) is 14.6 Å². The number of carbonyl (C=O) groups is 2. The van der Waals surface area contributed by atoms with Crippen molar-refractivity contribution in [2.24, 2.45) is 38.8 Å². The molecule has 5 heterocycles. The Hall–Kier alpha value is -3.36. The van der Waals surface area contributed by atoms with E-state index in [0.717, 1.165) is 86.7 Å². The molecule has 7 N–H and O–H groups in total. The van der Waals surface area contributed by atoms with Crippen molar-refractivity contribution < 1.29 is 29.3 Å². The van der Waals surface area contributed by atoms with Crippen LogP contribution in [0.3, 0.4) is 0 Å². The Bertz CT molecular complexity index is 2230. The van der Waals surface area contributed by atoms with Crippen LogP contribution in [0.2, 0.25) is 0 Å². The van der Waals surface area contributed by atoms with Gasteiger partial charge in [-0.15, -0.1) is 0 Å². The predicted molar refractivity (Wildman–Crippen MR) is 276 cm³/mol. The topological polar surface area (TPSA) is 186 Å². The van der Waals surface area contributed by atoms with Crippen molar-refractivity contribution in [2.75, 3.05) is 24.6 Å². The van der Waals surface area contributed by atoms with Crippen LogP contribution in [0, 0.1) is 28.1 Å². The number of nitrogens with zero attached hydrogens (tertiary/aromatic N) is 3. The zero-order valence-corrected chi connectivity index (χ0v) is 43.0. The van der Waals surface area contributed by atoms with Gasteiger partial charge in [-0.2, -0.15) is 0 Å². The number of nitrogen functional groups attached to an aromatic ring is 1. The predicted octanol–water partition coefficient (Wildman–Crippen LogP) is 10.1. The van der Waals surface area contributed by atoms with E-state index in [1.54, 1.807) is 6.20 Å². The molecule has 9 aliphatic rings. The van der Waals surface area contributed by atoms with Crippen LogP contribution in [0.5, 0.6) is 11.5 Å². The zero-order chi connectivity index (χ0) is 47.9. The number of guanidine groups is 1. The molecule has 6 bridgehead atoms. The van der Waals surface area contributed by atoms with Gasteiger partial charge in [-0.25, -0.2) is 4.98 Å². The molecule has 4 aliphatic heterocycles. The molecular weight excluding hydrogens is 905 g/mol. The van der Waals surface area contributed by atoms with Gasteiger partial charge in [0.25, 0.3) is 0 Å². The van der Waals surface area contributed by atoms with Crippen molar-refractivity contribution in [3.8, 4) is 11.5 Å². The summed E-state index contributed by atoms with van der Waals surface area (Å²) < 4.78 is 13.2. The molecule has 1 aromatic heterocycles. The monoisotopic (exact) mass is 985 g/mol. The minimum absolute atomic E-state index is 0.0400. The smallest absolute Gasteiger partial charge is 0.303 e. The van der Waals surface area contributed by atoms with Crippen molar-refractivity contribution in [3.05, 3.63) is 46.6 Å². The molecule has 7 unspecified atom stereocenters. The van der Waals surface area contributed by atoms with E-state index >= 15 is 0 Å². The van der Waals surface area contributed by atoms with Crippen LogP contribution < -0.4 is 21.5 Å². The molecule has 1 aromatic carbocycles. The van der Waals surface area contributed by atoms with E-state index < -0.39 is 17.1 Å². The molecule has 12 nitrogen and oxygen atoms in total. The number of hydrogen-bond acceptors (Lipinski definition) is 13. The maximum absolute atomic E-state index is 14.5. The maximum Gasteiger partial charge on any atom is 0.303 e. The van der Waals surface area contributed by atoms with E-state index in [4.69, 9.17) is 25.9 Å². The number of aliphatic hydroxyl groups excluding tert-OH is 1. The number of nitrogens with one attached hydrogen (secondary N) is 1. The molecular formula is C55H80N6O6S2. The van der Waals surface area contributed by atoms with Gasteiger partial charge < -0.3 is 41.4 Å². The molecule has 69 heavy (non-hydrogen) atoms. The third-order valence-corrected chi connectivity index (χ3v) is 22.5. The van der Waals surface area contributed by atoms with Gasteiger partial charge in [0.1, 0.15) is 22.4 Å². The number of nitrogens with two attached hydrogens (primary N) is 2. The number of amides is 1. The van der Waals surface area contributed by atoms with Crippen LogP contribution in [-0.4, -0.2) is 79.5 Å². The van der Waals surface area contributed by atoms with Gasteiger partial charge in [0.05, 0.1) is 6.10 Å². The largest absolute Gasteiger partial charge is 0.504 e. The fourth-order valence-electron chi connectivity index (χ4n) is 15.4. The third-order valence-electron chi connectivity index (χ3n) is 19.0. The fourth-order valence-corrected chi connectivity index (χ4v) is 19.6. The van der Waals surface area contributed by atoms with E-state index in [1.807, 2.05) is 17.0 Å². The highest BCUT2D eigenvalue weighted by Crippen LogP contribution is 2.64. The van der Waals surface area contributed by atoms with Gasteiger partial charge in [-0.05, 0) is 175 Å². The second-order valence-electron chi connectivity index (χ2n) is 23.5. The van der Waals surface area contributed by atoms with Crippen LogP contribution in [0.25, 0.3) is 0 Å². The summed E-state index contributed by atoms with van der Waals surface area (Å²) in [6.07, 6.45) is 27.8. The van der Waals surface area contributed by atoms with E-state index in [2.05, 4.69) is 38.0 Å². The number of pyridine rings is 1. The molecule has 7 atom stereocenters. The summed E-state index contributed by atoms with van der Waals surface area (Å²) in [7, 11) is 4.13. The van der Waals surface area contributed by atoms with Crippen molar-refractivity contribution in [3.63, 3.8) is 0 Å². The van der Waals surface area contributed by atoms with E-state index in [-0.39, 0.29) is 46.5 Å². The molecule has 2 aromatic rings. The van der Waals surface area contributed by atoms with Gasteiger partial charge in [0, 0.05) is 73.3 Å². The summed E-state index contributed by atoms with van der Waals surface area (Å²) in [6, 6.07) is 6.01. The first kappa shape index (κ1) is 49.2. The van der Waals surface area contributed by atoms with Gasteiger partial charge in [-0.1, -0.05) is 53.7 Å². The number of hydrogen-bond donors (Lipinski definition) is 5. The maximum atomic E-state index is 14.5. The number of aryl methyl sites for hydroxylation is 1. The Labute approximate surface area is 418 Å². The number of ether oxygens (including phenoxy) is 2. The average molecular weight is 985 g/mol. The fraction of sp³-hybridized carbons (Fsp3) is 0.745. The second-order valence-corrected chi connectivity index (χ2v) is 26.1. The number of aromatic nitrogens is 1. The van der Waals surface area contributed by atoms with Crippen molar-refractivity contribution >= 4 is 45.2 Å². The second kappa shape index (κ2) is 20.3. The molecule has 11 rings (SSSR count). The molecule has 5 aliphatic carbocycles. The molecule has 3 spiro atoms. The minimum Gasteiger partial charge on any atom is -0.504 e. The SMILES string of the molecule is CC(=O)OC12CCc3cc(c(O)c4c3CCC3CCCC3O4)CN3CC(Cc4ccnc(N)c4)(CCN=C(N)NC4(CCCC45CCCC5)SSCC4(CCCC4)CCCC(CC1)C(O)C2)CC3=O. The number of phenolic OH excluding ortho intramolecular Hbond substituents is 1. The Balaban J connectivity index is 0.996. The number of aliphatic hydroxyl groups is 1.